The molecular weight excluding hydrogens is 202 g/mol. The Labute approximate surface area is 86.4 Å². The van der Waals surface area contributed by atoms with E-state index in [-0.39, 0.29) is 17.2 Å². The molecule has 0 atom stereocenters. The van der Waals surface area contributed by atoms with Crippen molar-refractivity contribution in [2.75, 3.05) is 13.4 Å². The van der Waals surface area contributed by atoms with Gasteiger partial charge in [-0.1, -0.05) is 0 Å². The average Bonchev–Trinajstić information content (AvgIpc) is 2.18. The van der Waals surface area contributed by atoms with Gasteiger partial charge in [0, 0.05) is 18.1 Å². The van der Waals surface area contributed by atoms with Gasteiger partial charge in [-0.2, -0.15) is 0 Å². The number of hydrogen-bond donors (Lipinski definition) is 0. The van der Waals surface area contributed by atoms with Crippen LogP contribution in [0.3, 0.4) is 0 Å². The van der Waals surface area contributed by atoms with Crippen molar-refractivity contribution in [3.05, 3.63) is 33.9 Å². The summed E-state index contributed by atoms with van der Waals surface area (Å²) >= 11 is 1.48. The number of hydrogen-bond acceptors (Lipinski definition) is 4. The first kappa shape index (κ1) is 11.0. The van der Waals surface area contributed by atoms with E-state index in [2.05, 4.69) is 0 Å². The molecule has 1 aromatic carbocycles. The lowest BCUT2D eigenvalue weighted by Gasteiger charge is -2.03. The van der Waals surface area contributed by atoms with Crippen molar-refractivity contribution >= 4 is 17.4 Å². The molecule has 0 saturated heterocycles. The minimum absolute atomic E-state index is 0.124. The van der Waals surface area contributed by atoms with Crippen LogP contribution in [-0.2, 0) is 11.3 Å². The standard InChI is InChI=1S/C9H11NO3S/c1-13-6-7-3-4-8(14-2)5-9(7)10(11)12/h3-5H,6H2,1-2H3. The van der Waals surface area contributed by atoms with Crippen LogP contribution in [0.1, 0.15) is 5.56 Å². The van der Waals surface area contributed by atoms with E-state index in [1.165, 1.54) is 18.9 Å². The van der Waals surface area contributed by atoms with Crippen LogP contribution in [0, 0.1) is 10.1 Å². The van der Waals surface area contributed by atoms with E-state index in [4.69, 9.17) is 4.74 Å². The van der Waals surface area contributed by atoms with Crippen molar-refractivity contribution in [1.29, 1.82) is 0 Å². The Bertz CT molecular complexity index is 341. The van der Waals surface area contributed by atoms with Crippen molar-refractivity contribution in [3.8, 4) is 0 Å². The zero-order chi connectivity index (χ0) is 10.6. The second-order valence-electron chi connectivity index (χ2n) is 2.68. The third-order valence-electron chi connectivity index (χ3n) is 1.79. The highest BCUT2D eigenvalue weighted by molar-refractivity contribution is 7.98. The highest BCUT2D eigenvalue weighted by atomic mass is 32.2. The molecule has 0 radical (unpaired) electrons. The van der Waals surface area contributed by atoms with Gasteiger partial charge in [0.2, 0.25) is 0 Å². The van der Waals surface area contributed by atoms with Crippen LogP contribution in [0.2, 0.25) is 0 Å². The van der Waals surface area contributed by atoms with Gasteiger partial charge in [0.15, 0.2) is 0 Å². The van der Waals surface area contributed by atoms with E-state index in [9.17, 15) is 10.1 Å². The van der Waals surface area contributed by atoms with Crippen LogP contribution in [0.15, 0.2) is 23.1 Å². The number of thioether (sulfide) groups is 1. The lowest BCUT2D eigenvalue weighted by atomic mass is 10.2. The van der Waals surface area contributed by atoms with Gasteiger partial charge in [0.25, 0.3) is 5.69 Å². The monoisotopic (exact) mass is 213 g/mol. The first-order valence-electron chi connectivity index (χ1n) is 3.99. The average molecular weight is 213 g/mol. The van der Waals surface area contributed by atoms with Gasteiger partial charge in [-0.05, 0) is 18.4 Å². The summed E-state index contributed by atoms with van der Waals surface area (Å²) in [5.41, 5.74) is 0.731. The molecule has 0 aliphatic rings. The molecule has 0 heterocycles. The van der Waals surface area contributed by atoms with Gasteiger partial charge in [0.1, 0.15) is 0 Å². The molecule has 1 aromatic rings. The molecule has 0 bridgehead atoms. The number of ether oxygens (including phenoxy) is 1. The van der Waals surface area contributed by atoms with Gasteiger partial charge >= 0.3 is 0 Å². The van der Waals surface area contributed by atoms with Crippen LogP contribution in [0.4, 0.5) is 5.69 Å². The number of benzene rings is 1. The summed E-state index contributed by atoms with van der Waals surface area (Å²) in [4.78, 5) is 11.2. The van der Waals surface area contributed by atoms with Crippen molar-refractivity contribution in [1.82, 2.24) is 0 Å². The quantitative estimate of drug-likeness (QED) is 0.438. The minimum atomic E-state index is -0.381. The maximum Gasteiger partial charge on any atom is 0.276 e. The first-order chi connectivity index (χ1) is 6.69. The third-order valence-corrected chi connectivity index (χ3v) is 2.51. The molecule has 0 N–H and O–H groups in total. The minimum Gasteiger partial charge on any atom is -0.380 e. The second-order valence-corrected chi connectivity index (χ2v) is 3.56. The summed E-state index contributed by atoms with van der Waals surface area (Å²) in [7, 11) is 1.52. The van der Waals surface area contributed by atoms with Crippen LogP contribution in [0.25, 0.3) is 0 Å². The Hall–Kier alpha value is -1.07. The molecule has 76 valence electrons. The van der Waals surface area contributed by atoms with E-state index in [1.807, 2.05) is 12.3 Å². The zero-order valence-corrected chi connectivity index (χ0v) is 8.84. The predicted molar refractivity (Wildman–Crippen MR) is 55.6 cm³/mol. The fourth-order valence-corrected chi connectivity index (χ4v) is 1.55. The zero-order valence-electron chi connectivity index (χ0n) is 8.02. The van der Waals surface area contributed by atoms with E-state index < -0.39 is 0 Å². The highest BCUT2D eigenvalue weighted by Gasteiger charge is 2.13. The normalized spacial score (nSPS) is 10.1. The lowest BCUT2D eigenvalue weighted by Crippen LogP contribution is -1.96. The van der Waals surface area contributed by atoms with Gasteiger partial charge < -0.3 is 4.74 Å². The largest absolute Gasteiger partial charge is 0.380 e. The molecule has 0 unspecified atom stereocenters. The SMILES string of the molecule is COCc1ccc(SC)cc1[N+](=O)[O-]. The fourth-order valence-electron chi connectivity index (χ4n) is 1.12. The van der Waals surface area contributed by atoms with E-state index >= 15 is 0 Å². The number of rotatable bonds is 4. The van der Waals surface area contributed by atoms with E-state index in [0.717, 1.165) is 4.90 Å². The van der Waals surface area contributed by atoms with Gasteiger partial charge in [-0.25, -0.2) is 0 Å². The highest BCUT2D eigenvalue weighted by Crippen LogP contribution is 2.25. The Morgan fingerprint density at radius 2 is 2.29 bits per heavy atom. The van der Waals surface area contributed by atoms with Crippen LogP contribution in [0.5, 0.6) is 0 Å². The van der Waals surface area contributed by atoms with E-state index in [1.54, 1.807) is 12.1 Å². The lowest BCUT2D eigenvalue weighted by molar-refractivity contribution is -0.386. The fraction of sp³-hybridized carbons (Fsp3) is 0.333. The van der Waals surface area contributed by atoms with Gasteiger partial charge in [-0.3, -0.25) is 10.1 Å². The molecule has 0 spiro atoms. The number of methoxy groups -OCH3 is 1. The topological polar surface area (TPSA) is 52.4 Å². The van der Waals surface area contributed by atoms with Crippen molar-refractivity contribution in [2.24, 2.45) is 0 Å². The van der Waals surface area contributed by atoms with Crippen molar-refractivity contribution < 1.29 is 9.66 Å². The molecule has 0 amide bonds. The molecular formula is C9H11NO3S. The van der Waals surface area contributed by atoms with Crippen LogP contribution < -0.4 is 0 Å². The molecule has 0 aromatic heterocycles. The Morgan fingerprint density at radius 3 is 2.79 bits per heavy atom. The number of nitro benzene ring substituents is 1. The summed E-state index contributed by atoms with van der Waals surface area (Å²) in [6.07, 6.45) is 1.88. The molecule has 5 heteroatoms. The molecule has 0 fully saturated rings. The molecule has 0 aliphatic heterocycles. The van der Waals surface area contributed by atoms with Crippen molar-refractivity contribution in [3.63, 3.8) is 0 Å². The maximum atomic E-state index is 10.7. The molecule has 4 nitrogen and oxygen atoms in total. The summed E-state index contributed by atoms with van der Waals surface area (Å²) in [6.45, 7) is 0.269. The summed E-state index contributed by atoms with van der Waals surface area (Å²) < 4.78 is 4.88. The summed E-state index contributed by atoms with van der Waals surface area (Å²) in [5.74, 6) is 0. The number of nitrogens with zero attached hydrogens (tertiary/aromatic N) is 1. The van der Waals surface area contributed by atoms with Gasteiger partial charge in [-0.15, -0.1) is 11.8 Å². The molecule has 14 heavy (non-hydrogen) atoms. The first-order valence-corrected chi connectivity index (χ1v) is 5.21. The van der Waals surface area contributed by atoms with Crippen LogP contribution in [-0.4, -0.2) is 18.3 Å². The van der Waals surface area contributed by atoms with Crippen molar-refractivity contribution in [2.45, 2.75) is 11.5 Å². The smallest absolute Gasteiger partial charge is 0.276 e. The Kier molecular flexibility index (Phi) is 3.91. The Balaban J connectivity index is 3.10. The van der Waals surface area contributed by atoms with Gasteiger partial charge in [0.05, 0.1) is 17.1 Å². The Morgan fingerprint density at radius 1 is 1.57 bits per heavy atom. The second kappa shape index (κ2) is 4.97. The summed E-state index contributed by atoms with van der Waals surface area (Å²) in [5, 5.41) is 10.7. The van der Waals surface area contributed by atoms with E-state index in [0.29, 0.717) is 5.56 Å². The number of nitro groups is 1. The summed E-state index contributed by atoms with van der Waals surface area (Å²) in [6, 6.07) is 5.15. The molecule has 1 rings (SSSR count). The molecule has 0 saturated carbocycles. The predicted octanol–water partition coefficient (Wildman–Crippen LogP) is 2.46. The van der Waals surface area contributed by atoms with Crippen LogP contribution >= 0.6 is 11.8 Å². The molecule has 0 aliphatic carbocycles. The third kappa shape index (κ3) is 2.46. The maximum absolute atomic E-state index is 10.7.